The molecule has 0 bridgehead atoms. The van der Waals surface area contributed by atoms with Crippen LogP contribution in [0.5, 0.6) is 0 Å². The first-order chi connectivity index (χ1) is 12.0. The van der Waals surface area contributed by atoms with E-state index >= 15 is 0 Å². The average molecular weight is 377 g/mol. The zero-order valence-electron chi connectivity index (χ0n) is 12.6. The van der Waals surface area contributed by atoms with Crippen LogP contribution in [0.1, 0.15) is 10.5 Å². The maximum atomic E-state index is 13.2. The van der Waals surface area contributed by atoms with E-state index in [-0.39, 0.29) is 11.5 Å². The van der Waals surface area contributed by atoms with Gasteiger partial charge in [0.1, 0.15) is 17.3 Å². The number of amides is 1. The quantitative estimate of drug-likeness (QED) is 0.678. The topological polar surface area (TPSA) is 66.9 Å². The Hall–Kier alpha value is -2.70. The summed E-state index contributed by atoms with van der Waals surface area (Å²) in [4.78, 5) is 20.3. The van der Waals surface area contributed by atoms with E-state index in [9.17, 15) is 9.18 Å². The predicted octanol–water partition coefficient (Wildman–Crippen LogP) is 4.92. The Kier molecular flexibility index (Phi) is 5.11. The van der Waals surface area contributed by atoms with Crippen molar-refractivity contribution in [3.05, 3.63) is 76.4 Å². The summed E-state index contributed by atoms with van der Waals surface area (Å²) in [6.07, 6.45) is 2.69. The van der Waals surface area contributed by atoms with Gasteiger partial charge in [-0.15, -0.1) is 0 Å². The molecule has 25 heavy (non-hydrogen) atoms. The van der Waals surface area contributed by atoms with Gasteiger partial charge in [0.2, 0.25) is 0 Å². The summed E-state index contributed by atoms with van der Waals surface area (Å²) >= 11 is 11.8. The van der Waals surface area contributed by atoms with E-state index in [1.54, 1.807) is 30.3 Å². The highest BCUT2D eigenvalue weighted by Crippen LogP contribution is 2.23. The normalized spacial score (nSPS) is 10.4. The molecule has 0 aliphatic rings. The van der Waals surface area contributed by atoms with E-state index in [1.165, 1.54) is 24.5 Å². The molecule has 1 heterocycles. The van der Waals surface area contributed by atoms with Crippen molar-refractivity contribution < 1.29 is 9.18 Å². The lowest BCUT2D eigenvalue weighted by Gasteiger charge is -2.07. The lowest BCUT2D eigenvalue weighted by atomic mass is 10.3. The third-order valence-corrected chi connectivity index (χ3v) is 3.54. The minimum atomic E-state index is -0.455. The first kappa shape index (κ1) is 17.1. The van der Waals surface area contributed by atoms with Gasteiger partial charge in [0, 0.05) is 21.4 Å². The van der Waals surface area contributed by atoms with E-state index in [0.29, 0.717) is 27.2 Å². The lowest BCUT2D eigenvalue weighted by molar-refractivity contribution is 0.102. The van der Waals surface area contributed by atoms with Crippen molar-refractivity contribution >= 4 is 46.3 Å². The van der Waals surface area contributed by atoms with Crippen LogP contribution in [0.25, 0.3) is 0 Å². The second-order valence-corrected chi connectivity index (χ2v) is 5.91. The molecule has 1 aromatic heterocycles. The molecule has 1 amide bonds. The van der Waals surface area contributed by atoms with E-state index in [4.69, 9.17) is 23.2 Å². The molecule has 2 aromatic carbocycles. The number of hydrogen-bond acceptors (Lipinski definition) is 4. The third kappa shape index (κ3) is 4.65. The van der Waals surface area contributed by atoms with Crippen molar-refractivity contribution in [2.24, 2.45) is 0 Å². The van der Waals surface area contributed by atoms with Gasteiger partial charge in [-0.25, -0.2) is 14.4 Å². The molecule has 0 unspecified atom stereocenters. The molecule has 0 aliphatic heterocycles. The molecular weight excluding hydrogens is 366 g/mol. The summed E-state index contributed by atoms with van der Waals surface area (Å²) in [6.45, 7) is 0. The van der Waals surface area contributed by atoms with Crippen LogP contribution in [0.15, 0.2) is 54.9 Å². The van der Waals surface area contributed by atoms with Gasteiger partial charge in [-0.2, -0.15) is 0 Å². The SMILES string of the molecule is O=C(Nc1cc(Cl)cc(Cl)c1)c1cnc(Nc2cccc(F)c2)cn1. The number of carbonyl (C=O) groups excluding carboxylic acids is 1. The molecule has 0 atom stereocenters. The van der Waals surface area contributed by atoms with Crippen molar-refractivity contribution in [3.63, 3.8) is 0 Å². The van der Waals surface area contributed by atoms with Crippen molar-refractivity contribution in [1.29, 1.82) is 0 Å². The van der Waals surface area contributed by atoms with Gasteiger partial charge in [-0.3, -0.25) is 4.79 Å². The summed E-state index contributed by atoms with van der Waals surface area (Å²) in [5, 5.41) is 6.34. The van der Waals surface area contributed by atoms with Crippen LogP contribution in [0.2, 0.25) is 10.0 Å². The average Bonchev–Trinajstić information content (AvgIpc) is 2.54. The first-order valence-corrected chi connectivity index (χ1v) is 7.87. The van der Waals surface area contributed by atoms with Crippen molar-refractivity contribution in [2.45, 2.75) is 0 Å². The van der Waals surface area contributed by atoms with Crippen LogP contribution in [0.3, 0.4) is 0 Å². The van der Waals surface area contributed by atoms with E-state index in [2.05, 4.69) is 20.6 Å². The largest absolute Gasteiger partial charge is 0.339 e. The second-order valence-electron chi connectivity index (χ2n) is 5.03. The highest BCUT2D eigenvalue weighted by molar-refractivity contribution is 6.35. The molecule has 0 fully saturated rings. The van der Waals surface area contributed by atoms with Gasteiger partial charge in [0.05, 0.1) is 12.4 Å². The number of hydrogen-bond donors (Lipinski definition) is 2. The van der Waals surface area contributed by atoms with Gasteiger partial charge in [-0.05, 0) is 36.4 Å². The Balaban J connectivity index is 1.70. The number of halogens is 3. The number of nitrogens with zero attached hydrogens (tertiary/aromatic N) is 2. The Labute approximate surface area is 152 Å². The molecule has 0 saturated carbocycles. The van der Waals surface area contributed by atoms with Crippen LogP contribution >= 0.6 is 23.2 Å². The zero-order chi connectivity index (χ0) is 17.8. The highest BCUT2D eigenvalue weighted by atomic mass is 35.5. The van der Waals surface area contributed by atoms with Gasteiger partial charge in [0.25, 0.3) is 5.91 Å². The summed E-state index contributed by atoms with van der Waals surface area (Å²) < 4.78 is 13.2. The maximum Gasteiger partial charge on any atom is 0.275 e. The minimum Gasteiger partial charge on any atom is -0.339 e. The van der Waals surface area contributed by atoms with Gasteiger partial charge in [0.15, 0.2) is 0 Å². The molecule has 126 valence electrons. The number of benzene rings is 2. The van der Waals surface area contributed by atoms with Crippen LogP contribution < -0.4 is 10.6 Å². The van der Waals surface area contributed by atoms with Crippen LogP contribution in [0, 0.1) is 5.82 Å². The predicted molar refractivity (Wildman–Crippen MR) is 96.1 cm³/mol. The van der Waals surface area contributed by atoms with Crippen LogP contribution in [0.4, 0.5) is 21.6 Å². The summed E-state index contributed by atoms with van der Waals surface area (Å²) in [6, 6.07) is 10.6. The molecule has 3 rings (SSSR count). The Bertz CT molecular complexity index is 899. The van der Waals surface area contributed by atoms with E-state index in [0.717, 1.165) is 0 Å². The fraction of sp³-hybridized carbons (Fsp3) is 0. The van der Waals surface area contributed by atoms with Gasteiger partial charge in [-0.1, -0.05) is 29.3 Å². The molecule has 3 aromatic rings. The van der Waals surface area contributed by atoms with Crippen LogP contribution in [-0.4, -0.2) is 15.9 Å². The number of nitrogens with one attached hydrogen (secondary N) is 2. The van der Waals surface area contributed by atoms with Crippen LogP contribution in [-0.2, 0) is 0 Å². The van der Waals surface area contributed by atoms with Crippen molar-refractivity contribution in [1.82, 2.24) is 9.97 Å². The molecule has 2 N–H and O–H groups in total. The number of aromatic nitrogens is 2. The Morgan fingerprint density at radius 3 is 2.36 bits per heavy atom. The first-order valence-electron chi connectivity index (χ1n) is 7.12. The van der Waals surface area contributed by atoms with E-state index in [1.807, 2.05) is 0 Å². The third-order valence-electron chi connectivity index (χ3n) is 3.10. The minimum absolute atomic E-state index is 0.112. The summed E-state index contributed by atoms with van der Waals surface area (Å²) in [5.74, 6) is -0.440. The fourth-order valence-electron chi connectivity index (χ4n) is 2.05. The molecule has 8 heteroatoms. The van der Waals surface area contributed by atoms with Crippen molar-refractivity contribution in [3.8, 4) is 0 Å². The molecular formula is C17H11Cl2FN4O. The Morgan fingerprint density at radius 1 is 0.960 bits per heavy atom. The van der Waals surface area contributed by atoms with Crippen molar-refractivity contribution in [2.75, 3.05) is 10.6 Å². The van der Waals surface area contributed by atoms with Gasteiger partial charge < -0.3 is 10.6 Å². The standard InChI is InChI=1S/C17H11Cl2FN4O/c18-10-4-11(19)6-14(5-10)24-17(25)15-8-22-16(9-21-15)23-13-3-1-2-12(20)7-13/h1-9H,(H,22,23)(H,24,25). The number of anilines is 3. The molecule has 0 saturated heterocycles. The second kappa shape index (κ2) is 7.46. The Morgan fingerprint density at radius 2 is 1.72 bits per heavy atom. The molecule has 0 radical (unpaired) electrons. The van der Waals surface area contributed by atoms with E-state index < -0.39 is 5.91 Å². The fourth-order valence-corrected chi connectivity index (χ4v) is 2.57. The summed E-state index contributed by atoms with van der Waals surface area (Å²) in [7, 11) is 0. The molecule has 0 spiro atoms. The number of carbonyl (C=O) groups is 1. The lowest BCUT2D eigenvalue weighted by Crippen LogP contribution is -2.14. The number of rotatable bonds is 4. The zero-order valence-corrected chi connectivity index (χ0v) is 14.1. The summed E-state index contributed by atoms with van der Waals surface area (Å²) in [5.41, 5.74) is 1.09. The molecule has 0 aliphatic carbocycles. The molecule has 5 nitrogen and oxygen atoms in total. The van der Waals surface area contributed by atoms with Gasteiger partial charge >= 0.3 is 0 Å². The smallest absolute Gasteiger partial charge is 0.275 e. The maximum absolute atomic E-state index is 13.2. The highest BCUT2D eigenvalue weighted by Gasteiger charge is 2.10. The monoisotopic (exact) mass is 376 g/mol.